The first kappa shape index (κ1) is 12.0. The van der Waals surface area contributed by atoms with Gasteiger partial charge in [0.1, 0.15) is 11.5 Å². The Balaban J connectivity index is 2.24. The second-order valence-electron chi connectivity index (χ2n) is 3.95. The monoisotopic (exact) mass is 243 g/mol. The Bertz CT molecular complexity index is 611. The molecule has 2 aromatic rings. The number of hydrogen-bond donors (Lipinski definition) is 2. The van der Waals surface area contributed by atoms with Crippen LogP contribution in [0.15, 0.2) is 42.6 Å². The van der Waals surface area contributed by atoms with Gasteiger partial charge in [0, 0.05) is 18.8 Å². The molecule has 0 aliphatic heterocycles. The molecular formula is C14H13NO3. The lowest BCUT2D eigenvalue weighted by Gasteiger charge is -2.00. The van der Waals surface area contributed by atoms with Crippen LogP contribution < -0.4 is 0 Å². The molecule has 0 aliphatic rings. The van der Waals surface area contributed by atoms with Gasteiger partial charge in [-0.2, -0.15) is 0 Å². The summed E-state index contributed by atoms with van der Waals surface area (Å²) >= 11 is 0. The van der Waals surface area contributed by atoms with Crippen LogP contribution in [0.1, 0.15) is 16.1 Å². The van der Waals surface area contributed by atoms with Gasteiger partial charge in [-0.25, -0.2) is 0 Å². The number of hydrogen-bond acceptors (Lipinski definition) is 3. The average molecular weight is 243 g/mol. The summed E-state index contributed by atoms with van der Waals surface area (Å²) in [5.41, 5.74) is 0.962. The highest BCUT2D eigenvalue weighted by Gasteiger charge is 2.05. The summed E-state index contributed by atoms with van der Waals surface area (Å²) < 4.78 is 1.72. The third-order valence-electron chi connectivity index (χ3n) is 2.62. The molecule has 0 amide bonds. The van der Waals surface area contributed by atoms with E-state index < -0.39 is 0 Å². The van der Waals surface area contributed by atoms with Crippen molar-refractivity contribution in [1.82, 2.24) is 4.57 Å². The molecule has 0 aliphatic carbocycles. The molecule has 0 saturated heterocycles. The summed E-state index contributed by atoms with van der Waals surface area (Å²) in [7, 11) is 1.78. The number of phenolic OH excluding ortho intramolecular Hbond substituents is 2. The smallest absolute Gasteiger partial charge is 0.202 e. The Labute approximate surface area is 104 Å². The van der Waals surface area contributed by atoms with Crippen LogP contribution in [-0.2, 0) is 7.05 Å². The van der Waals surface area contributed by atoms with Crippen molar-refractivity contribution in [2.24, 2.45) is 7.05 Å². The predicted octanol–water partition coefficient (Wildman–Crippen LogP) is 2.33. The number of carbonyl (C=O) groups excluding carboxylic acids is 1. The van der Waals surface area contributed by atoms with Gasteiger partial charge in [-0.05, 0) is 42.5 Å². The molecule has 0 bridgehead atoms. The number of aromatic nitrogens is 1. The molecular weight excluding hydrogens is 230 g/mol. The van der Waals surface area contributed by atoms with Gasteiger partial charge in [0.2, 0.25) is 5.78 Å². The summed E-state index contributed by atoms with van der Waals surface area (Å²) in [5.74, 6) is -0.104. The molecule has 1 heterocycles. The molecule has 0 atom stereocenters. The first-order chi connectivity index (χ1) is 8.58. The lowest BCUT2D eigenvalue weighted by molar-refractivity contribution is 0.104. The van der Waals surface area contributed by atoms with Crippen LogP contribution in [0.4, 0.5) is 0 Å². The second-order valence-corrected chi connectivity index (χ2v) is 3.95. The van der Waals surface area contributed by atoms with E-state index in [0.717, 1.165) is 0 Å². The predicted molar refractivity (Wildman–Crippen MR) is 68.5 cm³/mol. The van der Waals surface area contributed by atoms with Crippen LogP contribution in [0.25, 0.3) is 6.08 Å². The zero-order valence-corrected chi connectivity index (χ0v) is 9.87. The molecule has 1 aromatic carbocycles. The normalized spacial score (nSPS) is 10.9. The molecule has 0 radical (unpaired) electrons. The number of aromatic hydroxyl groups is 2. The molecule has 2 rings (SSSR count). The minimum atomic E-state index is -0.162. The highest BCUT2D eigenvalue weighted by atomic mass is 16.3. The summed E-state index contributed by atoms with van der Waals surface area (Å²) in [6, 6.07) is 7.65. The number of carbonyl (C=O) groups is 1. The van der Waals surface area contributed by atoms with Crippen molar-refractivity contribution in [3.63, 3.8) is 0 Å². The van der Waals surface area contributed by atoms with E-state index in [-0.39, 0.29) is 17.3 Å². The Kier molecular flexibility index (Phi) is 3.19. The van der Waals surface area contributed by atoms with Crippen molar-refractivity contribution in [3.05, 3.63) is 53.9 Å². The van der Waals surface area contributed by atoms with Crippen LogP contribution in [0.3, 0.4) is 0 Å². The van der Waals surface area contributed by atoms with Gasteiger partial charge < -0.3 is 14.8 Å². The number of nitrogens with zero attached hydrogens (tertiary/aromatic N) is 1. The van der Waals surface area contributed by atoms with Gasteiger partial charge in [0.15, 0.2) is 0 Å². The molecule has 0 spiro atoms. The maximum absolute atomic E-state index is 11.8. The molecule has 0 unspecified atom stereocenters. The fourth-order valence-electron chi connectivity index (χ4n) is 1.64. The fraction of sp³-hybridized carbons (Fsp3) is 0.0714. The molecule has 2 N–H and O–H groups in total. The minimum absolute atomic E-state index is 0.0173. The number of benzene rings is 1. The van der Waals surface area contributed by atoms with E-state index in [2.05, 4.69) is 0 Å². The van der Waals surface area contributed by atoms with Crippen molar-refractivity contribution in [1.29, 1.82) is 0 Å². The van der Waals surface area contributed by atoms with E-state index in [1.54, 1.807) is 29.9 Å². The fourth-order valence-corrected chi connectivity index (χ4v) is 1.64. The summed E-state index contributed by atoms with van der Waals surface area (Å²) in [4.78, 5) is 11.8. The lowest BCUT2D eigenvalue weighted by Crippen LogP contribution is -2.01. The number of ketones is 1. The van der Waals surface area contributed by atoms with Gasteiger partial charge >= 0.3 is 0 Å². The standard InChI is InChI=1S/C14H13NO3/c1-15-8-2-3-12(15)14(18)6-4-10-9-11(16)5-7-13(10)17/h2-9,16-17H,1H3/b6-4+. The van der Waals surface area contributed by atoms with E-state index >= 15 is 0 Å². The first-order valence-corrected chi connectivity index (χ1v) is 5.43. The Hall–Kier alpha value is -2.49. The Morgan fingerprint density at radius 1 is 1.28 bits per heavy atom. The van der Waals surface area contributed by atoms with Crippen LogP contribution in [-0.4, -0.2) is 20.6 Å². The van der Waals surface area contributed by atoms with Gasteiger partial charge in [-0.3, -0.25) is 4.79 Å². The van der Waals surface area contributed by atoms with Crippen molar-refractivity contribution < 1.29 is 15.0 Å². The van der Waals surface area contributed by atoms with Crippen LogP contribution in [0.5, 0.6) is 11.5 Å². The third kappa shape index (κ3) is 2.43. The van der Waals surface area contributed by atoms with Crippen LogP contribution in [0.2, 0.25) is 0 Å². The number of phenols is 2. The Morgan fingerprint density at radius 2 is 2.06 bits per heavy atom. The molecule has 0 saturated carbocycles. The van der Waals surface area contributed by atoms with Gasteiger partial charge in [-0.15, -0.1) is 0 Å². The number of aryl methyl sites for hydroxylation is 1. The molecule has 4 heteroatoms. The van der Waals surface area contributed by atoms with Crippen LogP contribution in [0, 0.1) is 0 Å². The maximum Gasteiger partial charge on any atom is 0.202 e. The van der Waals surface area contributed by atoms with Gasteiger partial charge in [-0.1, -0.05) is 0 Å². The molecule has 1 aromatic heterocycles. The quantitative estimate of drug-likeness (QED) is 0.494. The van der Waals surface area contributed by atoms with Crippen LogP contribution >= 0.6 is 0 Å². The maximum atomic E-state index is 11.8. The molecule has 0 fully saturated rings. The zero-order chi connectivity index (χ0) is 13.1. The topological polar surface area (TPSA) is 62.5 Å². The molecule has 92 valence electrons. The van der Waals surface area contributed by atoms with E-state index in [1.165, 1.54) is 30.4 Å². The van der Waals surface area contributed by atoms with Gasteiger partial charge in [0.25, 0.3) is 0 Å². The van der Waals surface area contributed by atoms with E-state index in [0.29, 0.717) is 11.3 Å². The summed E-state index contributed by atoms with van der Waals surface area (Å²) in [5, 5.41) is 18.9. The van der Waals surface area contributed by atoms with Crippen molar-refractivity contribution in [2.45, 2.75) is 0 Å². The van der Waals surface area contributed by atoms with Crippen molar-refractivity contribution >= 4 is 11.9 Å². The first-order valence-electron chi connectivity index (χ1n) is 5.43. The number of allylic oxidation sites excluding steroid dienone is 1. The number of rotatable bonds is 3. The van der Waals surface area contributed by atoms with E-state index in [1.807, 2.05) is 0 Å². The minimum Gasteiger partial charge on any atom is -0.508 e. The van der Waals surface area contributed by atoms with E-state index in [9.17, 15) is 15.0 Å². The lowest BCUT2D eigenvalue weighted by atomic mass is 10.1. The highest BCUT2D eigenvalue weighted by Crippen LogP contribution is 2.23. The van der Waals surface area contributed by atoms with Crippen molar-refractivity contribution in [2.75, 3.05) is 0 Å². The SMILES string of the molecule is Cn1cccc1C(=O)/C=C/c1cc(O)ccc1O. The van der Waals surface area contributed by atoms with Gasteiger partial charge in [0.05, 0.1) is 5.69 Å². The summed E-state index contributed by atoms with van der Waals surface area (Å²) in [6.45, 7) is 0. The third-order valence-corrected chi connectivity index (χ3v) is 2.62. The molecule has 4 nitrogen and oxygen atoms in total. The Morgan fingerprint density at radius 3 is 2.72 bits per heavy atom. The summed E-state index contributed by atoms with van der Waals surface area (Å²) in [6.07, 6.45) is 4.63. The van der Waals surface area contributed by atoms with Crippen molar-refractivity contribution in [3.8, 4) is 11.5 Å². The van der Waals surface area contributed by atoms with E-state index in [4.69, 9.17) is 0 Å². The highest BCUT2D eigenvalue weighted by molar-refractivity contribution is 6.05. The average Bonchev–Trinajstić information content (AvgIpc) is 2.76. The largest absolute Gasteiger partial charge is 0.508 e. The zero-order valence-electron chi connectivity index (χ0n) is 9.87. The second kappa shape index (κ2) is 4.79. The molecule has 18 heavy (non-hydrogen) atoms.